The van der Waals surface area contributed by atoms with Crippen molar-refractivity contribution >= 4 is 21.7 Å². The standard InChI is InChI=1S/C29H31NO5S/c1-22-14-16-26(17-15-22)36(33,34)28-25(13-8-18-35-21-24-11-6-3-7-12-24)19-27(31)30(29(28)32)20-23-9-4-2-5-10-23/h2-7,9-12,14-17,25,28H,8,13,18-21H2,1H3/t25-,28+/m1/s1. The number of hydrogen-bond acceptors (Lipinski definition) is 5. The molecule has 2 atom stereocenters. The molecule has 0 N–H and O–H groups in total. The van der Waals surface area contributed by atoms with Gasteiger partial charge in [-0.25, -0.2) is 8.42 Å². The van der Waals surface area contributed by atoms with Gasteiger partial charge in [-0.15, -0.1) is 0 Å². The van der Waals surface area contributed by atoms with Crippen molar-refractivity contribution in [2.45, 2.75) is 49.5 Å². The van der Waals surface area contributed by atoms with Crippen LogP contribution in [0.25, 0.3) is 0 Å². The Bertz CT molecular complexity index is 1270. The van der Waals surface area contributed by atoms with Crippen molar-refractivity contribution in [3.63, 3.8) is 0 Å². The first-order chi connectivity index (χ1) is 17.4. The highest BCUT2D eigenvalue weighted by molar-refractivity contribution is 7.92. The van der Waals surface area contributed by atoms with Crippen LogP contribution in [0.1, 0.15) is 36.0 Å². The Hall–Kier alpha value is -3.29. The van der Waals surface area contributed by atoms with E-state index in [1.165, 1.54) is 12.1 Å². The van der Waals surface area contributed by atoms with E-state index in [1.54, 1.807) is 12.1 Å². The molecule has 6 nitrogen and oxygen atoms in total. The van der Waals surface area contributed by atoms with E-state index in [0.29, 0.717) is 26.1 Å². The summed E-state index contributed by atoms with van der Waals surface area (Å²) in [5, 5.41) is -1.31. The van der Waals surface area contributed by atoms with Crippen molar-refractivity contribution in [3.05, 3.63) is 102 Å². The zero-order chi connectivity index (χ0) is 25.5. The molecular weight excluding hydrogens is 474 g/mol. The lowest BCUT2D eigenvalue weighted by molar-refractivity contribution is -0.150. The number of likely N-dealkylation sites (tertiary alicyclic amines) is 1. The summed E-state index contributed by atoms with van der Waals surface area (Å²) in [5.74, 6) is -1.59. The first-order valence-corrected chi connectivity index (χ1v) is 13.7. The number of imide groups is 1. The molecule has 0 aromatic heterocycles. The van der Waals surface area contributed by atoms with Crippen LogP contribution in [0, 0.1) is 12.8 Å². The minimum atomic E-state index is -4.00. The lowest BCUT2D eigenvalue weighted by Crippen LogP contribution is -2.54. The number of piperidine rings is 1. The van der Waals surface area contributed by atoms with Crippen LogP contribution in [0.4, 0.5) is 0 Å². The Morgan fingerprint density at radius 2 is 1.47 bits per heavy atom. The van der Waals surface area contributed by atoms with Gasteiger partial charge in [0, 0.05) is 13.0 Å². The number of sulfone groups is 1. The average Bonchev–Trinajstić information content (AvgIpc) is 2.87. The van der Waals surface area contributed by atoms with Crippen LogP contribution >= 0.6 is 0 Å². The van der Waals surface area contributed by atoms with E-state index in [9.17, 15) is 18.0 Å². The van der Waals surface area contributed by atoms with Crippen molar-refractivity contribution in [3.8, 4) is 0 Å². The predicted octanol–water partition coefficient (Wildman–Crippen LogP) is 4.71. The van der Waals surface area contributed by atoms with Crippen molar-refractivity contribution in [2.75, 3.05) is 6.61 Å². The molecule has 36 heavy (non-hydrogen) atoms. The zero-order valence-corrected chi connectivity index (χ0v) is 21.2. The fraction of sp³-hybridized carbons (Fsp3) is 0.310. The third-order valence-corrected chi connectivity index (χ3v) is 8.70. The van der Waals surface area contributed by atoms with Gasteiger partial charge in [0.2, 0.25) is 11.8 Å². The van der Waals surface area contributed by atoms with Crippen LogP contribution in [0.15, 0.2) is 89.8 Å². The normalized spacial score (nSPS) is 18.4. The summed E-state index contributed by atoms with van der Waals surface area (Å²) in [6.07, 6.45) is 0.963. The zero-order valence-electron chi connectivity index (χ0n) is 20.4. The molecule has 0 spiro atoms. The Morgan fingerprint density at radius 1 is 0.861 bits per heavy atom. The Morgan fingerprint density at radius 3 is 2.11 bits per heavy atom. The highest BCUT2D eigenvalue weighted by Gasteiger charge is 2.48. The van der Waals surface area contributed by atoms with Gasteiger partial charge in [0.15, 0.2) is 9.84 Å². The van der Waals surface area contributed by atoms with Crippen LogP contribution in [0.2, 0.25) is 0 Å². The van der Waals surface area contributed by atoms with Crippen molar-refractivity contribution in [2.24, 2.45) is 5.92 Å². The monoisotopic (exact) mass is 505 g/mol. The highest BCUT2D eigenvalue weighted by Crippen LogP contribution is 2.34. The molecular formula is C29H31NO5S. The second-order valence-corrected chi connectivity index (χ2v) is 11.3. The number of ether oxygens (including phenoxy) is 1. The maximum Gasteiger partial charge on any atom is 0.248 e. The fourth-order valence-electron chi connectivity index (χ4n) is 4.58. The lowest BCUT2D eigenvalue weighted by atomic mass is 9.90. The first kappa shape index (κ1) is 25.8. The smallest absolute Gasteiger partial charge is 0.248 e. The van der Waals surface area contributed by atoms with Gasteiger partial charge in [-0.1, -0.05) is 78.4 Å². The molecule has 0 saturated carbocycles. The number of carbonyl (C=O) groups excluding carboxylic acids is 2. The maximum absolute atomic E-state index is 13.7. The molecule has 0 aliphatic carbocycles. The summed E-state index contributed by atoms with van der Waals surface area (Å²) in [5.41, 5.74) is 2.76. The van der Waals surface area contributed by atoms with Gasteiger partial charge in [0.1, 0.15) is 5.25 Å². The van der Waals surface area contributed by atoms with Crippen LogP contribution in [-0.4, -0.2) is 37.0 Å². The van der Waals surface area contributed by atoms with E-state index in [1.807, 2.05) is 67.6 Å². The number of nitrogens with zero attached hydrogens (tertiary/aromatic N) is 1. The Kier molecular flexibility index (Phi) is 8.33. The minimum absolute atomic E-state index is 0.00696. The molecule has 0 bridgehead atoms. The second kappa shape index (κ2) is 11.6. The van der Waals surface area contributed by atoms with E-state index in [0.717, 1.165) is 21.6 Å². The summed E-state index contributed by atoms with van der Waals surface area (Å²) in [6.45, 7) is 2.81. The molecule has 1 heterocycles. The van der Waals surface area contributed by atoms with E-state index in [4.69, 9.17) is 4.74 Å². The maximum atomic E-state index is 13.7. The number of rotatable bonds is 10. The molecule has 1 aliphatic rings. The molecule has 3 aromatic carbocycles. The van der Waals surface area contributed by atoms with Gasteiger partial charge in [-0.2, -0.15) is 0 Å². The minimum Gasteiger partial charge on any atom is -0.377 e. The lowest BCUT2D eigenvalue weighted by Gasteiger charge is -2.36. The van der Waals surface area contributed by atoms with Crippen molar-refractivity contribution in [1.29, 1.82) is 0 Å². The molecule has 7 heteroatoms. The third kappa shape index (κ3) is 6.09. The van der Waals surface area contributed by atoms with E-state index in [2.05, 4.69) is 0 Å². The van der Waals surface area contributed by atoms with Crippen LogP contribution in [-0.2, 0) is 37.3 Å². The van der Waals surface area contributed by atoms with Gasteiger partial charge in [-0.3, -0.25) is 14.5 Å². The van der Waals surface area contributed by atoms with Gasteiger partial charge >= 0.3 is 0 Å². The largest absolute Gasteiger partial charge is 0.377 e. The predicted molar refractivity (Wildman–Crippen MR) is 138 cm³/mol. The summed E-state index contributed by atoms with van der Waals surface area (Å²) in [7, 11) is -4.00. The molecule has 3 aromatic rings. The van der Waals surface area contributed by atoms with Gasteiger partial charge in [0.25, 0.3) is 0 Å². The molecule has 0 radical (unpaired) electrons. The quantitative estimate of drug-likeness (QED) is 0.295. The summed E-state index contributed by atoms with van der Waals surface area (Å²) >= 11 is 0. The van der Waals surface area contributed by atoms with Gasteiger partial charge in [-0.05, 0) is 48.9 Å². The average molecular weight is 506 g/mol. The van der Waals surface area contributed by atoms with Crippen LogP contribution < -0.4 is 0 Å². The highest BCUT2D eigenvalue weighted by atomic mass is 32.2. The second-order valence-electron chi connectivity index (χ2n) is 9.23. The van der Waals surface area contributed by atoms with Gasteiger partial charge in [0.05, 0.1) is 18.0 Å². The van der Waals surface area contributed by atoms with Crippen molar-refractivity contribution < 1.29 is 22.7 Å². The number of amides is 2. The van der Waals surface area contributed by atoms with E-state index >= 15 is 0 Å². The summed E-state index contributed by atoms with van der Waals surface area (Å²) in [6, 6.07) is 25.4. The van der Waals surface area contributed by atoms with E-state index in [-0.39, 0.29) is 23.8 Å². The van der Waals surface area contributed by atoms with Crippen LogP contribution in [0.3, 0.4) is 0 Å². The SMILES string of the molecule is Cc1ccc(S(=O)(=O)[C@@H]2C(=O)N(Cc3ccccc3)C(=O)C[C@H]2CCCOCc2ccccc2)cc1. The Balaban J connectivity index is 1.52. The summed E-state index contributed by atoms with van der Waals surface area (Å²) in [4.78, 5) is 27.8. The molecule has 1 aliphatic heterocycles. The number of aryl methyl sites for hydroxylation is 1. The topological polar surface area (TPSA) is 80.8 Å². The molecule has 1 saturated heterocycles. The molecule has 4 rings (SSSR count). The van der Waals surface area contributed by atoms with Crippen molar-refractivity contribution in [1.82, 2.24) is 4.90 Å². The Labute approximate surface area is 212 Å². The fourth-order valence-corrected chi connectivity index (χ4v) is 6.52. The molecule has 188 valence electrons. The molecule has 2 amide bonds. The van der Waals surface area contributed by atoms with E-state index < -0.39 is 26.9 Å². The number of benzene rings is 3. The number of carbonyl (C=O) groups is 2. The molecule has 1 fully saturated rings. The van der Waals surface area contributed by atoms with Crippen LogP contribution in [0.5, 0.6) is 0 Å². The molecule has 0 unspecified atom stereocenters. The first-order valence-electron chi connectivity index (χ1n) is 12.2. The van der Waals surface area contributed by atoms with Gasteiger partial charge < -0.3 is 4.74 Å². The number of hydrogen-bond donors (Lipinski definition) is 0. The summed E-state index contributed by atoms with van der Waals surface area (Å²) < 4.78 is 33.2. The third-order valence-electron chi connectivity index (χ3n) is 6.52.